The van der Waals surface area contributed by atoms with Gasteiger partial charge in [-0.3, -0.25) is 0 Å². The SMILES string of the molecule is O=P(C[C@H]1CCC[P@]1(=O)c1ccccc1)(c1ccccc1)c1ccccc1. The van der Waals surface area contributed by atoms with E-state index in [9.17, 15) is 9.13 Å². The molecule has 0 radical (unpaired) electrons. The van der Waals surface area contributed by atoms with Crippen LogP contribution in [-0.2, 0) is 9.13 Å². The molecule has 0 spiro atoms. The third-order valence-corrected chi connectivity index (χ3v) is 12.9. The van der Waals surface area contributed by atoms with Crippen molar-refractivity contribution >= 4 is 30.2 Å². The lowest BCUT2D eigenvalue weighted by molar-refractivity contribution is 0.573. The molecule has 4 rings (SSSR count). The Kier molecular flexibility index (Phi) is 5.22. The van der Waals surface area contributed by atoms with Gasteiger partial charge in [0.2, 0.25) is 0 Å². The van der Waals surface area contributed by atoms with Gasteiger partial charge in [-0.1, -0.05) is 91.0 Å². The second kappa shape index (κ2) is 7.63. The van der Waals surface area contributed by atoms with Gasteiger partial charge in [-0.05, 0) is 12.8 Å². The molecule has 0 bridgehead atoms. The van der Waals surface area contributed by atoms with Crippen molar-refractivity contribution in [2.45, 2.75) is 18.5 Å². The summed E-state index contributed by atoms with van der Waals surface area (Å²) >= 11 is 0. The molecule has 4 heteroatoms. The van der Waals surface area contributed by atoms with Crippen LogP contribution in [0.5, 0.6) is 0 Å². The van der Waals surface area contributed by atoms with Crippen LogP contribution in [0.15, 0.2) is 91.0 Å². The van der Waals surface area contributed by atoms with E-state index in [1.54, 1.807) is 0 Å². The smallest absolute Gasteiger partial charge is 0.143 e. The highest BCUT2D eigenvalue weighted by molar-refractivity contribution is 7.80. The predicted molar refractivity (Wildman–Crippen MR) is 116 cm³/mol. The van der Waals surface area contributed by atoms with Crippen LogP contribution in [0.25, 0.3) is 0 Å². The highest BCUT2D eigenvalue weighted by Crippen LogP contribution is 2.61. The first-order valence-electron chi connectivity index (χ1n) is 9.48. The average molecular weight is 394 g/mol. The molecule has 1 fully saturated rings. The Morgan fingerprint density at radius 2 is 1.26 bits per heavy atom. The van der Waals surface area contributed by atoms with Gasteiger partial charge < -0.3 is 9.13 Å². The molecule has 1 aliphatic rings. The standard InChI is InChI=1S/C23H24O2P2/c24-26(20-11-4-1-5-12-20)18-10-17-23(26)19-27(25,21-13-6-2-7-14-21)22-15-8-3-9-16-22/h1-9,11-16,23H,10,17-19H2/t23-,26+/m1/s1. The maximum absolute atomic E-state index is 14.4. The van der Waals surface area contributed by atoms with Crippen molar-refractivity contribution in [2.75, 3.05) is 12.3 Å². The summed E-state index contributed by atoms with van der Waals surface area (Å²) in [5.41, 5.74) is -0.0221. The van der Waals surface area contributed by atoms with Gasteiger partial charge in [0.25, 0.3) is 0 Å². The lowest BCUT2D eigenvalue weighted by atomic mass is 10.3. The topological polar surface area (TPSA) is 34.1 Å². The zero-order valence-electron chi connectivity index (χ0n) is 15.3. The fourth-order valence-electron chi connectivity index (χ4n) is 4.19. The van der Waals surface area contributed by atoms with Crippen molar-refractivity contribution in [3.8, 4) is 0 Å². The Morgan fingerprint density at radius 3 is 1.78 bits per heavy atom. The van der Waals surface area contributed by atoms with Crippen LogP contribution in [0.4, 0.5) is 0 Å². The van der Waals surface area contributed by atoms with E-state index >= 15 is 0 Å². The molecule has 2 nitrogen and oxygen atoms in total. The minimum absolute atomic E-state index is 0.0221. The lowest BCUT2D eigenvalue weighted by Crippen LogP contribution is -2.26. The van der Waals surface area contributed by atoms with Gasteiger partial charge in [0.1, 0.15) is 14.3 Å². The molecule has 1 aliphatic heterocycles. The van der Waals surface area contributed by atoms with Gasteiger partial charge in [0.05, 0.1) is 0 Å². The molecule has 2 atom stereocenters. The zero-order valence-corrected chi connectivity index (χ0v) is 17.1. The van der Waals surface area contributed by atoms with Crippen LogP contribution in [0.3, 0.4) is 0 Å². The predicted octanol–water partition coefficient (Wildman–Crippen LogP) is 4.85. The largest absolute Gasteiger partial charge is 0.318 e. The first kappa shape index (κ1) is 18.5. The number of hydrogen-bond donors (Lipinski definition) is 0. The maximum Gasteiger partial charge on any atom is 0.143 e. The second-order valence-electron chi connectivity index (χ2n) is 7.24. The average Bonchev–Trinajstić information content (AvgIpc) is 3.11. The summed E-state index contributed by atoms with van der Waals surface area (Å²) in [6.07, 6.45) is 3.04. The van der Waals surface area contributed by atoms with Crippen LogP contribution in [0, 0.1) is 0 Å². The molecule has 0 N–H and O–H groups in total. The molecule has 0 aromatic heterocycles. The van der Waals surface area contributed by atoms with E-state index < -0.39 is 14.3 Å². The summed E-state index contributed by atoms with van der Waals surface area (Å²) in [7, 11) is -5.39. The Balaban J connectivity index is 1.77. The van der Waals surface area contributed by atoms with Crippen molar-refractivity contribution in [3.63, 3.8) is 0 Å². The number of benzene rings is 3. The summed E-state index contributed by atoms with van der Waals surface area (Å²) < 4.78 is 28.3. The molecular formula is C23H24O2P2. The van der Waals surface area contributed by atoms with Crippen molar-refractivity contribution in [3.05, 3.63) is 91.0 Å². The van der Waals surface area contributed by atoms with E-state index in [-0.39, 0.29) is 5.66 Å². The van der Waals surface area contributed by atoms with E-state index in [2.05, 4.69) is 0 Å². The maximum atomic E-state index is 14.4. The Bertz CT molecular complexity index is 941. The third-order valence-electron chi connectivity index (χ3n) is 5.63. The number of rotatable bonds is 5. The fourth-order valence-corrected chi connectivity index (χ4v) is 11.7. The van der Waals surface area contributed by atoms with E-state index in [1.807, 2.05) is 91.0 Å². The van der Waals surface area contributed by atoms with Gasteiger partial charge in [0, 0.05) is 33.9 Å². The van der Waals surface area contributed by atoms with E-state index in [0.29, 0.717) is 6.16 Å². The summed E-state index contributed by atoms with van der Waals surface area (Å²) in [5.74, 6) is 0. The van der Waals surface area contributed by atoms with Gasteiger partial charge in [-0.15, -0.1) is 0 Å². The minimum atomic E-state index is -2.85. The molecule has 0 unspecified atom stereocenters. The molecule has 0 aliphatic carbocycles. The Morgan fingerprint density at radius 1 is 0.778 bits per heavy atom. The third kappa shape index (κ3) is 3.49. The highest BCUT2D eigenvalue weighted by Gasteiger charge is 2.43. The van der Waals surface area contributed by atoms with E-state index in [4.69, 9.17) is 0 Å². The Hall–Kier alpha value is -1.88. The Labute approximate surface area is 161 Å². The van der Waals surface area contributed by atoms with Crippen molar-refractivity contribution < 1.29 is 9.13 Å². The zero-order chi connectivity index (χ0) is 18.7. The first-order valence-corrected chi connectivity index (χ1v) is 13.3. The monoisotopic (exact) mass is 394 g/mol. The summed E-state index contributed by atoms with van der Waals surface area (Å²) in [6.45, 7) is 0. The van der Waals surface area contributed by atoms with Crippen LogP contribution in [0.1, 0.15) is 12.8 Å². The second-order valence-corrected chi connectivity index (χ2v) is 13.4. The molecule has 3 aromatic carbocycles. The van der Waals surface area contributed by atoms with Crippen LogP contribution in [-0.4, -0.2) is 18.0 Å². The van der Waals surface area contributed by atoms with Crippen LogP contribution < -0.4 is 15.9 Å². The first-order chi connectivity index (χ1) is 13.1. The van der Waals surface area contributed by atoms with Crippen molar-refractivity contribution in [1.82, 2.24) is 0 Å². The molecular weight excluding hydrogens is 370 g/mol. The molecule has 1 saturated heterocycles. The number of hydrogen-bond acceptors (Lipinski definition) is 2. The van der Waals surface area contributed by atoms with Crippen molar-refractivity contribution in [2.24, 2.45) is 0 Å². The normalized spacial score (nSPS) is 22.6. The molecule has 3 aromatic rings. The van der Waals surface area contributed by atoms with Crippen LogP contribution in [0.2, 0.25) is 0 Å². The van der Waals surface area contributed by atoms with Crippen LogP contribution >= 0.6 is 14.3 Å². The van der Waals surface area contributed by atoms with Gasteiger partial charge in [0.15, 0.2) is 0 Å². The summed E-state index contributed by atoms with van der Waals surface area (Å²) in [6, 6.07) is 29.3. The lowest BCUT2D eigenvalue weighted by Gasteiger charge is -2.27. The van der Waals surface area contributed by atoms with Crippen molar-refractivity contribution in [1.29, 1.82) is 0 Å². The molecule has 27 heavy (non-hydrogen) atoms. The van der Waals surface area contributed by atoms with E-state index in [0.717, 1.165) is 34.9 Å². The van der Waals surface area contributed by atoms with Gasteiger partial charge >= 0.3 is 0 Å². The minimum Gasteiger partial charge on any atom is -0.318 e. The van der Waals surface area contributed by atoms with E-state index in [1.165, 1.54) is 0 Å². The highest BCUT2D eigenvalue weighted by atomic mass is 31.2. The molecule has 0 saturated carbocycles. The molecule has 1 heterocycles. The quantitative estimate of drug-likeness (QED) is 0.580. The fraction of sp³-hybridized carbons (Fsp3) is 0.217. The van der Waals surface area contributed by atoms with Gasteiger partial charge in [-0.2, -0.15) is 0 Å². The molecule has 138 valence electrons. The summed E-state index contributed by atoms with van der Waals surface area (Å²) in [4.78, 5) is 0. The molecule has 0 amide bonds. The van der Waals surface area contributed by atoms with Gasteiger partial charge in [-0.25, -0.2) is 0 Å². The summed E-state index contributed by atoms with van der Waals surface area (Å²) in [5, 5.41) is 2.67.